The zero-order chi connectivity index (χ0) is 16.8. The molecule has 124 valence electrons. The van der Waals surface area contributed by atoms with Crippen LogP contribution in [0.5, 0.6) is 5.75 Å². The van der Waals surface area contributed by atoms with E-state index in [1.54, 1.807) is 0 Å². The summed E-state index contributed by atoms with van der Waals surface area (Å²) < 4.78 is 5.77. The van der Waals surface area contributed by atoms with Gasteiger partial charge in [-0.15, -0.1) is 0 Å². The normalized spacial score (nSPS) is 19.3. The number of hydrazine groups is 1. The Morgan fingerprint density at radius 1 is 1.12 bits per heavy atom. The van der Waals surface area contributed by atoms with Gasteiger partial charge in [-0.25, -0.2) is 10.8 Å². The molecule has 0 fully saturated rings. The summed E-state index contributed by atoms with van der Waals surface area (Å²) in [5, 5.41) is 3.10. The first-order valence-corrected chi connectivity index (χ1v) is 7.80. The first kappa shape index (κ1) is 16.0. The lowest BCUT2D eigenvalue weighted by Crippen LogP contribution is -2.44. The smallest absolute Gasteiger partial charge is 0.206 e. The highest BCUT2D eigenvalue weighted by atomic mass is 16.5. The molecule has 0 aromatic heterocycles. The van der Waals surface area contributed by atoms with E-state index in [1.807, 2.05) is 54.6 Å². The van der Waals surface area contributed by atoms with Crippen LogP contribution in [0.1, 0.15) is 11.1 Å². The molecule has 2 unspecified atom stereocenters. The van der Waals surface area contributed by atoms with Gasteiger partial charge >= 0.3 is 0 Å². The molecule has 0 spiro atoms. The minimum Gasteiger partial charge on any atom is -0.489 e. The number of nitrogens with two attached hydrogens (primary N) is 1. The lowest BCUT2D eigenvalue weighted by Gasteiger charge is -2.15. The molecule has 0 aliphatic carbocycles. The summed E-state index contributed by atoms with van der Waals surface area (Å²) >= 11 is 0. The number of carbonyl (C=O) groups excluding carboxylic acids is 1. The van der Waals surface area contributed by atoms with Gasteiger partial charge in [-0.3, -0.25) is 5.43 Å². The molecule has 6 nitrogen and oxygen atoms in total. The minimum atomic E-state index is -0.426. The number of aliphatic imine (C=N–C) groups is 1. The highest BCUT2D eigenvalue weighted by molar-refractivity contribution is 5.85. The Morgan fingerprint density at radius 3 is 2.54 bits per heavy atom. The summed E-state index contributed by atoms with van der Waals surface area (Å²) in [6, 6.07) is 17.4. The molecule has 0 saturated heterocycles. The summed E-state index contributed by atoms with van der Waals surface area (Å²) in [6.45, 7) is 0.539. The predicted molar refractivity (Wildman–Crippen MR) is 92.5 cm³/mol. The van der Waals surface area contributed by atoms with Gasteiger partial charge in [0.2, 0.25) is 5.96 Å². The Bertz CT molecular complexity index is 701. The summed E-state index contributed by atoms with van der Waals surface area (Å²) in [6.07, 6.45) is 1.51. The molecule has 24 heavy (non-hydrogen) atoms. The van der Waals surface area contributed by atoms with Crippen molar-refractivity contribution in [1.82, 2.24) is 10.7 Å². The molecular formula is C18H20N4O2. The molecule has 6 heteroatoms. The molecule has 4 N–H and O–H groups in total. The number of carbonyl (C=O) groups is 1. The molecule has 1 aliphatic rings. The zero-order valence-electron chi connectivity index (χ0n) is 13.2. The number of guanidine groups is 1. The monoisotopic (exact) mass is 324 g/mol. The van der Waals surface area contributed by atoms with Gasteiger partial charge in [-0.2, -0.15) is 0 Å². The van der Waals surface area contributed by atoms with Crippen LogP contribution in [0.25, 0.3) is 0 Å². The average molecular weight is 324 g/mol. The molecule has 2 aromatic carbocycles. The third kappa shape index (κ3) is 3.91. The number of ether oxygens (including phenoxy) is 1. The first-order chi connectivity index (χ1) is 11.8. The largest absolute Gasteiger partial charge is 0.489 e. The number of hydrogen-bond acceptors (Lipinski definition) is 6. The summed E-state index contributed by atoms with van der Waals surface area (Å²) in [5.41, 5.74) is 4.67. The van der Waals surface area contributed by atoms with Gasteiger partial charge < -0.3 is 14.8 Å². The quantitative estimate of drug-likeness (QED) is 0.422. The van der Waals surface area contributed by atoms with Crippen molar-refractivity contribution in [2.75, 3.05) is 0 Å². The van der Waals surface area contributed by atoms with E-state index in [0.717, 1.165) is 23.2 Å². The number of nitrogens with one attached hydrogen (secondary N) is 2. The van der Waals surface area contributed by atoms with E-state index in [-0.39, 0.29) is 6.04 Å². The second-order valence-electron chi connectivity index (χ2n) is 5.62. The Labute approximate surface area is 140 Å². The van der Waals surface area contributed by atoms with Crippen molar-refractivity contribution in [3.8, 4) is 5.75 Å². The summed E-state index contributed by atoms with van der Waals surface area (Å²) in [7, 11) is 0. The van der Waals surface area contributed by atoms with E-state index in [0.29, 0.717) is 19.0 Å². The minimum absolute atomic E-state index is 0.0929. The van der Waals surface area contributed by atoms with Gasteiger partial charge in [-0.05, 0) is 29.7 Å². The number of benzene rings is 2. The number of aldehydes is 1. The third-order valence-electron chi connectivity index (χ3n) is 3.92. The molecule has 0 radical (unpaired) electrons. The van der Waals surface area contributed by atoms with Gasteiger partial charge in [0, 0.05) is 0 Å². The Kier molecular flexibility index (Phi) is 5.08. The highest BCUT2D eigenvalue weighted by Gasteiger charge is 2.27. The molecule has 0 saturated carbocycles. The Balaban J connectivity index is 1.56. The summed E-state index contributed by atoms with van der Waals surface area (Å²) in [5.74, 6) is 6.59. The number of rotatable bonds is 6. The van der Waals surface area contributed by atoms with Crippen LogP contribution in [0.15, 0.2) is 59.6 Å². The molecule has 0 amide bonds. The van der Waals surface area contributed by atoms with E-state index >= 15 is 0 Å². The maximum atomic E-state index is 11.1. The lowest BCUT2D eigenvalue weighted by molar-refractivity contribution is -0.109. The van der Waals surface area contributed by atoms with Crippen molar-refractivity contribution in [2.24, 2.45) is 10.8 Å². The van der Waals surface area contributed by atoms with Crippen LogP contribution < -0.4 is 21.3 Å². The first-order valence-electron chi connectivity index (χ1n) is 7.80. The predicted octanol–water partition coefficient (Wildman–Crippen LogP) is 1.17. The molecule has 3 rings (SSSR count). The van der Waals surface area contributed by atoms with E-state index in [4.69, 9.17) is 10.6 Å². The van der Waals surface area contributed by atoms with Crippen LogP contribution in [-0.4, -0.2) is 24.3 Å². The molecular weight excluding hydrogens is 304 g/mol. The fourth-order valence-corrected chi connectivity index (χ4v) is 2.63. The van der Waals surface area contributed by atoms with E-state index < -0.39 is 6.04 Å². The van der Waals surface area contributed by atoms with Crippen LogP contribution in [0.4, 0.5) is 0 Å². The van der Waals surface area contributed by atoms with Crippen molar-refractivity contribution in [1.29, 1.82) is 0 Å². The zero-order valence-corrected chi connectivity index (χ0v) is 13.2. The standard InChI is InChI=1S/C18H20N4O2/c19-22-18-20-16(17(11-23)21-18)10-13-6-8-15(9-7-13)24-12-14-4-2-1-3-5-14/h1-9,11,16-17H,10,12,19H2,(H2,20,21,22). The van der Waals surface area contributed by atoms with Gasteiger partial charge in [0.15, 0.2) is 0 Å². The lowest BCUT2D eigenvalue weighted by atomic mass is 10.0. The Hall–Kier alpha value is -2.86. The SMILES string of the molecule is NNC1=NC(C=O)C(Cc2ccc(OCc3ccccc3)cc2)N1. The van der Waals surface area contributed by atoms with Gasteiger partial charge in [0.1, 0.15) is 24.7 Å². The molecule has 0 bridgehead atoms. The van der Waals surface area contributed by atoms with Crippen molar-refractivity contribution >= 4 is 12.2 Å². The van der Waals surface area contributed by atoms with Crippen molar-refractivity contribution in [2.45, 2.75) is 25.1 Å². The van der Waals surface area contributed by atoms with Crippen molar-refractivity contribution < 1.29 is 9.53 Å². The number of nitrogens with zero attached hydrogens (tertiary/aromatic N) is 1. The van der Waals surface area contributed by atoms with Crippen molar-refractivity contribution in [3.05, 3.63) is 65.7 Å². The fraction of sp³-hybridized carbons (Fsp3) is 0.222. The maximum absolute atomic E-state index is 11.1. The van der Waals surface area contributed by atoms with Crippen LogP contribution >= 0.6 is 0 Å². The highest BCUT2D eigenvalue weighted by Crippen LogP contribution is 2.17. The third-order valence-corrected chi connectivity index (χ3v) is 3.92. The number of hydrogen-bond donors (Lipinski definition) is 3. The van der Waals surface area contributed by atoms with Crippen LogP contribution in [0, 0.1) is 0 Å². The van der Waals surface area contributed by atoms with E-state index in [9.17, 15) is 4.79 Å². The van der Waals surface area contributed by atoms with Crippen LogP contribution in [0.2, 0.25) is 0 Å². The fourth-order valence-electron chi connectivity index (χ4n) is 2.63. The van der Waals surface area contributed by atoms with Gasteiger partial charge in [-0.1, -0.05) is 42.5 Å². The maximum Gasteiger partial charge on any atom is 0.206 e. The molecule has 1 aliphatic heterocycles. The molecule has 2 atom stereocenters. The Morgan fingerprint density at radius 2 is 1.88 bits per heavy atom. The topological polar surface area (TPSA) is 88.7 Å². The van der Waals surface area contributed by atoms with Gasteiger partial charge in [0.25, 0.3) is 0 Å². The van der Waals surface area contributed by atoms with E-state index in [2.05, 4.69) is 15.7 Å². The van der Waals surface area contributed by atoms with Crippen LogP contribution in [0.3, 0.4) is 0 Å². The average Bonchev–Trinajstić information content (AvgIpc) is 3.04. The van der Waals surface area contributed by atoms with Gasteiger partial charge in [0.05, 0.1) is 6.04 Å². The second-order valence-corrected chi connectivity index (χ2v) is 5.62. The van der Waals surface area contributed by atoms with Crippen molar-refractivity contribution in [3.63, 3.8) is 0 Å². The summed E-state index contributed by atoms with van der Waals surface area (Å²) in [4.78, 5) is 15.3. The van der Waals surface area contributed by atoms with Crippen LogP contribution in [-0.2, 0) is 17.8 Å². The van der Waals surface area contributed by atoms with E-state index in [1.165, 1.54) is 0 Å². The molecule has 2 aromatic rings. The molecule has 1 heterocycles. The second kappa shape index (κ2) is 7.61.